The molecule has 2 aliphatic rings. The number of carbonyl (C=O) groups is 1. The van der Waals surface area contributed by atoms with Gasteiger partial charge in [-0.05, 0) is 62.1 Å². The van der Waals surface area contributed by atoms with Crippen molar-refractivity contribution in [2.45, 2.75) is 39.8 Å². The van der Waals surface area contributed by atoms with Gasteiger partial charge in [0.15, 0.2) is 0 Å². The Kier molecular flexibility index (Phi) is 3.32. The molecule has 3 heterocycles. The van der Waals surface area contributed by atoms with Crippen LogP contribution in [0.1, 0.15) is 35.2 Å². The van der Waals surface area contributed by atoms with Crippen molar-refractivity contribution in [2.75, 3.05) is 0 Å². The minimum atomic E-state index is 0.251. The maximum Gasteiger partial charge on any atom is 0.226 e. The third-order valence-electron chi connectivity index (χ3n) is 5.55. The van der Waals surface area contributed by atoms with Gasteiger partial charge in [0.05, 0.1) is 24.5 Å². The van der Waals surface area contributed by atoms with Gasteiger partial charge in [-0.3, -0.25) is 4.79 Å². The third kappa shape index (κ3) is 2.38. The zero-order chi connectivity index (χ0) is 17.8. The SMILES string of the molecule is Cc1ccc(-n2nc3c(c2-n2cccc2)CN(C(=O)C2CC2)C3)cc1C. The largest absolute Gasteiger partial charge is 0.332 e. The monoisotopic (exact) mass is 346 g/mol. The standard InChI is InChI=1S/C21H22N4O/c1-14-5-8-17(11-15(14)2)25-20(23-9-3-4-10-23)18-12-24(13-19(18)22-25)21(26)16-6-7-16/h3-5,8-11,16H,6-7,12-13H2,1-2H3. The van der Waals surface area contributed by atoms with Crippen molar-refractivity contribution < 1.29 is 4.79 Å². The highest BCUT2D eigenvalue weighted by Crippen LogP contribution is 2.36. The van der Waals surface area contributed by atoms with E-state index in [-0.39, 0.29) is 5.92 Å². The molecule has 2 aromatic heterocycles. The molecule has 1 fully saturated rings. The van der Waals surface area contributed by atoms with E-state index in [2.05, 4.69) is 36.6 Å². The Hall–Kier alpha value is -2.82. The topological polar surface area (TPSA) is 43.1 Å². The molecule has 0 atom stereocenters. The Balaban J connectivity index is 1.60. The number of rotatable bonds is 3. The zero-order valence-corrected chi connectivity index (χ0v) is 15.1. The molecule has 1 amide bonds. The summed E-state index contributed by atoms with van der Waals surface area (Å²) < 4.78 is 4.13. The second-order valence-corrected chi connectivity index (χ2v) is 7.49. The molecular formula is C21H22N4O. The summed E-state index contributed by atoms with van der Waals surface area (Å²) in [5.41, 5.74) is 5.76. The summed E-state index contributed by atoms with van der Waals surface area (Å²) in [7, 11) is 0. The number of aromatic nitrogens is 3. The van der Waals surface area contributed by atoms with Crippen LogP contribution in [0.15, 0.2) is 42.7 Å². The van der Waals surface area contributed by atoms with Gasteiger partial charge in [-0.25, -0.2) is 4.68 Å². The lowest BCUT2D eigenvalue weighted by Gasteiger charge is -2.17. The molecule has 0 saturated heterocycles. The van der Waals surface area contributed by atoms with Gasteiger partial charge >= 0.3 is 0 Å². The summed E-state index contributed by atoms with van der Waals surface area (Å²) in [4.78, 5) is 14.5. The minimum Gasteiger partial charge on any atom is -0.332 e. The van der Waals surface area contributed by atoms with Crippen molar-refractivity contribution in [3.05, 3.63) is 65.1 Å². The Labute approximate surface area is 152 Å². The van der Waals surface area contributed by atoms with Crippen LogP contribution >= 0.6 is 0 Å². The number of aryl methyl sites for hydroxylation is 2. The normalized spacial score (nSPS) is 16.2. The first-order valence-corrected chi connectivity index (χ1v) is 9.22. The maximum absolute atomic E-state index is 12.5. The minimum absolute atomic E-state index is 0.251. The second kappa shape index (κ2) is 5.59. The Morgan fingerprint density at radius 1 is 1.08 bits per heavy atom. The molecule has 132 valence electrons. The lowest BCUT2D eigenvalue weighted by Crippen LogP contribution is -2.27. The number of hydrogen-bond acceptors (Lipinski definition) is 2. The average molecular weight is 346 g/mol. The van der Waals surface area contributed by atoms with Gasteiger partial charge in [0.1, 0.15) is 5.82 Å². The molecule has 0 N–H and O–H groups in total. The summed E-state index contributed by atoms with van der Waals surface area (Å²) in [5.74, 6) is 1.58. The fourth-order valence-corrected chi connectivity index (χ4v) is 3.72. The van der Waals surface area contributed by atoms with Crippen LogP contribution in [0.3, 0.4) is 0 Å². The van der Waals surface area contributed by atoms with Crippen LogP contribution in [0.4, 0.5) is 0 Å². The first-order chi connectivity index (χ1) is 12.6. The zero-order valence-electron chi connectivity index (χ0n) is 15.1. The number of fused-ring (bicyclic) bond motifs is 1. The molecule has 3 aromatic rings. The van der Waals surface area contributed by atoms with Gasteiger partial charge in [0, 0.05) is 23.9 Å². The van der Waals surface area contributed by atoms with E-state index < -0.39 is 0 Å². The smallest absolute Gasteiger partial charge is 0.226 e. The van der Waals surface area contributed by atoms with Crippen molar-refractivity contribution >= 4 is 5.91 Å². The highest BCUT2D eigenvalue weighted by molar-refractivity contribution is 5.81. The van der Waals surface area contributed by atoms with Crippen LogP contribution < -0.4 is 0 Å². The molecule has 1 aliphatic carbocycles. The Morgan fingerprint density at radius 2 is 1.85 bits per heavy atom. The molecule has 0 unspecified atom stereocenters. The molecule has 1 saturated carbocycles. The first kappa shape index (κ1) is 15.4. The summed E-state index contributed by atoms with van der Waals surface area (Å²) in [6.07, 6.45) is 6.17. The second-order valence-electron chi connectivity index (χ2n) is 7.49. The van der Waals surface area contributed by atoms with Gasteiger partial charge in [-0.1, -0.05) is 6.07 Å². The van der Waals surface area contributed by atoms with Gasteiger partial charge in [0.2, 0.25) is 5.91 Å². The molecule has 5 nitrogen and oxygen atoms in total. The van der Waals surface area contributed by atoms with Crippen LogP contribution in [-0.2, 0) is 17.9 Å². The lowest BCUT2D eigenvalue weighted by molar-refractivity contribution is -0.133. The molecule has 0 spiro atoms. The molecule has 5 rings (SSSR count). The number of carbonyl (C=O) groups excluding carboxylic acids is 1. The summed E-state index contributed by atoms with van der Waals surface area (Å²) in [6.45, 7) is 5.53. The number of nitrogens with zero attached hydrogens (tertiary/aromatic N) is 4. The van der Waals surface area contributed by atoms with E-state index in [0.29, 0.717) is 19.0 Å². The van der Waals surface area contributed by atoms with E-state index in [1.807, 2.05) is 34.1 Å². The van der Waals surface area contributed by atoms with E-state index in [1.54, 1.807) is 0 Å². The quantitative estimate of drug-likeness (QED) is 0.728. The van der Waals surface area contributed by atoms with E-state index in [4.69, 9.17) is 5.10 Å². The molecule has 1 aliphatic heterocycles. The molecule has 5 heteroatoms. The molecular weight excluding hydrogens is 324 g/mol. The van der Waals surface area contributed by atoms with E-state index in [0.717, 1.165) is 35.6 Å². The summed E-state index contributed by atoms with van der Waals surface area (Å²) in [6, 6.07) is 10.5. The molecule has 0 bridgehead atoms. The van der Waals surface area contributed by atoms with Gasteiger partial charge in [-0.15, -0.1) is 0 Å². The van der Waals surface area contributed by atoms with Crippen molar-refractivity contribution in [3.63, 3.8) is 0 Å². The number of hydrogen-bond donors (Lipinski definition) is 0. The highest BCUT2D eigenvalue weighted by Gasteiger charge is 2.38. The summed E-state index contributed by atoms with van der Waals surface area (Å²) >= 11 is 0. The van der Waals surface area contributed by atoms with Crippen molar-refractivity contribution in [2.24, 2.45) is 5.92 Å². The molecule has 1 aromatic carbocycles. The van der Waals surface area contributed by atoms with Crippen LogP contribution in [-0.4, -0.2) is 25.2 Å². The van der Waals surface area contributed by atoms with Crippen molar-refractivity contribution in [1.29, 1.82) is 0 Å². The van der Waals surface area contributed by atoms with E-state index in [9.17, 15) is 4.79 Å². The Morgan fingerprint density at radius 3 is 2.54 bits per heavy atom. The third-order valence-corrected chi connectivity index (χ3v) is 5.55. The van der Waals surface area contributed by atoms with E-state index in [1.165, 1.54) is 11.1 Å². The predicted octanol–water partition coefficient (Wildman–Crippen LogP) is 3.53. The Bertz CT molecular complexity index is 995. The fraction of sp³-hybridized carbons (Fsp3) is 0.333. The van der Waals surface area contributed by atoms with Gasteiger partial charge in [0.25, 0.3) is 0 Å². The average Bonchev–Trinajstić information content (AvgIpc) is 3.03. The van der Waals surface area contributed by atoms with E-state index >= 15 is 0 Å². The number of benzene rings is 1. The van der Waals surface area contributed by atoms with Gasteiger partial charge < -0.3 is 9.47 Å². The molecule has 26 heavy (non-hydrogen) atoms. The lowest BCUT2D eigenvalue weighted by atomic mass is 10.1. The van der Waals surface area contributed by atoms with Crippen molar-refractivity contribution in [3.8, 4) is 11.5 Å². The predicted molar refractivity (Wildman–Crippen MR) is 99.3 cm³/mol. The van der Waals surface area contributed by atoms with Gasteiger partial charge in [-0.2, -0.15) is 5.10 Å². The van der Waals surface area contributed by atoms with Crippen LogP contribution in [0, 0.1) is 19.8 Å². The summed E-state index contributed by atoms with van der Waals surface area (Å²) in [5, 5.41) is 4.90. The number of amides is 1. The highest BCUT2D eigenvalue weighted by atomic mass is 16.2. The van der Waals surface area contributed by atoms with Crippen LogP contribution in [0.5, 0.6) is 0 Å². The van der Waals surface area contributed by atoms with Crippen LogP contribution in [0.2, 0.25) is 0 Å². The first-order valence-electron chi connectivity index (χ1n) is 9.22. The molecule has 0 radical (unpaired) electrons. The van der Waals surface area contributed by atoms with Crippen molar-refractivity contribution in [1.82, 2.24) is 19.2 Å². The maximum atomic E-state index is 12.5. The van der Waals surface area contributed by atoms with Crippen LogP contribution in [0.25, 0.3) is 11.5 Å². The fourth-order valence-electron chi connectivity index (χ4n) is 3.72.